The van der Waals surface area contributed by atoms with Crippen molar-refractivity contribution in [3.05, 3.63) is 115 Å². The van der Waals surface area contributed by atoms with Gasteiger partial charge in [-0.05, 0) is 30.2 Å². The molecular weight excluding hydrogens is 492 g/mol. The van der Waals surface area contributed by atoms with E-state index in [1.165, 1.54) is 29.1 Å². The molecule has 0 fully saturated rings. The van der Waals surface area contributed by atoms with Crippen LogP contribution >= 0.6 is 11.3 Å². The Morgan fingerprint density at radius 3 is 2.54 bits per heavy atom. The predicted octanol–water partition coefficient (Wildman–Crippen LogP) is 3.76. The first kappa shape index (κ1) is 24.2. The molecule has 5 rings (SSSR count). The molecule has 0 aliphatic carbocycles. The molecule has 2 aromatic carbocycles. The average Bonchev–Trinajstić information content (AvgIpc) is 3.51. The first-order chi connectivity index (χ1) is 17.9. The molecule has 0 spiro atoms. The number of benzene rings is 2. The van der Waals surface area contributed by atoms with Gasteiger partial charge >= 0.3 is 11.9 Å². The van der Waals surface area contributed by atoms with E-state index in [-0.39, 0.29) is 11.1 Å². The quantitative estimate of drug-likeness (QED) is 0.392. The fourth-order valence-corrected chi connectivity index (χ4v) is 5.40. The first-order valence-electron chi connectivity index (χ1n) is 11.5. The van der Waals surface area contributed by atoms with E-state index >= 15 is 0 Å². The van der Waals surface area contributed by atoms with E-state index in [2.05, 4.69) is 4.99 Å². The van der Waals surface area contributed by atoms with Gasteiger partial charge in [0.1, 0.15) is 11.5 Å². The summed E-state index contributed by atoms with van der Waals surface area (Å²) < 4.78 is 12.9. The van der Waals surface area contributed by atoms with E-state index < -0.39 is 18.0 Å². The standard InChI is InChI=1S/C28H22N2O6S/c1-3-20-23(27(34)35-2)24(16-9-5-4-6-10-16)30-25(31)22(37-28(30)29-20)15-17-13-14-21(36-17)18-11-7-8-12-19(18)26(32)33/h4-15,24H,3H2,1-2H3,(H,32,33)/b22-15-/t24-/m0/s1. The average molecular weight is 515 g/mol. The Kier molecular flexibility index (Phi) is 6.45. The molecule has 3 heterocycles. The van der Waals surface area contributed by atoms with Gasteiger partial charge in [-0.3, -0.25) is 9.36 Å². The Labute approximate surface area is 215 Å². The number of hydrogen-bond acceptors (Lipinski definition) is 7. The Morgan fingerprint density at radius 1 is 1.11 bits per heavy atom. The minimum Gasteiger partial charge on any atom is -0.478 e. The highest BCUT2D eigenvalue weighted by Crippen LogP contribution is 2.32. The maximum atomic E-state index is 13.7. The largest absolute Gasteiger partial charge is 0.478 e. The van der Waals surface area contributed by atoms with Crippen molar-refractivity contribution >= 4 is 29.4 Å². The van der Waals surface area contributed by atoms with Crippen LogP contribution in [0.5, 0.6) is 0 Å². The van der Waals surface area contributed by atoms with Crippen LogP contribution in [0.1, 0.15) is 41.1 Å². The second-order valence-corrected chi connectivity index (χ2v) is 9.26. The predicted molar refractivity (Wildman–Crippen MR) is 138 cm³/mol. The molecule has 37 heavy (non-hydrogen) atoms. The molecule has 0 saturated heterocycles. The van der Waals surface area contributed by atoms with Crippen LogP contribution in [0.2, 0.25) is 0 Å². The summed E-state index contributed by atoms with van der Waals surface area (Å²) in [6, 6.07) is 18.5. The minimum absolute atomic E-state index is 0.119. The number of carboxylic acid groups (broad SMARTS) is 1. The van der Waals surface area contributed by atoms with E-state index in [4.69, 9.17) is 9.15 Å². The second-order valence-electron chi connectivity index (χ2n) is 8.25. The van der Waals surface area contributed by atoms with Gasteiger partial charge < -0.3 is 14.3 Å². The molecule has 1 aliphatic heterocycles. The van der Waals surface area contributed by atoms with Crippen LogP contribution in [0.4, 0.5) is 0 Å². The molecule has 0 radical (unpaired) electrons. The molecular formula is C28H22N2O6S. The zero-order valence-electron chi connectivity index (χ0n) is 20.0. The second kappa shape index (κ2) is 9.87. The van der Waals surface area contributed by atoms with Crippen molar-refractivity contribution in [1.29, 1.82) is 0 Å². The summed E-state index contributed by atoms with van der Waals surface area (Å²) in [4.78, 5) is 43.2. The number of rotatable bonds is 6. The molecule has 8 nitrogen and oxygen atoms in total. The van der Waals surface area contributed by atoms with E-state index in [0.717, 1.165) is 5.56 Å². The SMILES string of the molecule is CCC1=C(C(=O)OC)[C@H](c2ccccc2)n2c(s/c(=C\c3ccc(-c4ccccc4C(=O)O)o3)c2=O)=N1. The monoisotopic (exact) mass is 514 g/mol. The maximum Gasteiger partial charge on any atom is 0.338 e. The number of carbonyl (C=O) groups is 2. The van der Waals surface area contributed by atoms with Gasteiger partial charge in [0.15, 0.2) is 4.80 Å². The van der Waals surface area contributed by atoms with Crippen molar-refractivity contribution < 1.29 is 23.8 Å². The molecule has 4 aromatic rings. The number of thiazole rings is 1. The number of furan rings is 1. The number of hydrogen-bond donors (Lipinski definition) is 1. The van der Waals surface area contributed by atoms with Crippen LogP contribution in [0, 0.1) is 0 Å². The summed E-state index contributed by atoms with van der Waals surface area (Å²) >= 11 is 1.20. The van der Waals surface area contributed by atoms with Crippen LogP contribution in [0.15, 0.2) is 92.2 Å². The lowest BCUT2D eigenvalue weighted by Crippen LogP contribution is -2.40. The highest BCUT2D eigenvalue weighted by molar-refractivity contribution is 7.07. The van der Waals surface area contributed by atoms with Crippen LogP contribution in [0.3, 0.4) is 0 Å². The molecule has 0 unspecified atom stereocenters. The van der Waals surface area contributed by atoms with Gasteiger partial charge in [-0.1, -0.05) is 66.8 Å². The van der Waals surface area contributed by atoms with Crippen LogP contribution < -0.4 is 14.9 Å². The van der Waals surface area contributed by atoms with Gasteiger partial charge in [0.05, 0.1) is 34.5 Å². The number of ether oxygens (including phenoxy) is 1. The van der Waals surface area contributed by atoms with Gasteiger partial charge in [0, 0.05) is 11.6 Å². The van der Waals surface area contributed by atoms with E-state index in [1.807, 2.05) is 37.3 Å². The Hall–Kier alpha value is -4.50. The highest BCUT2D eigenvalue weighted by Gasteiger charge is 2.33. The zero-order valence-corrected chi connectivity index (χ0v) is 20.8. The third kappa shape index (κ3) is 4.34. The first-order valence-corrected chi connectivity index (χ1v) is 12.3. The summed E-state index contributed by atoms with van der Waals surface area (Å²) in [5.74, 6) is -0.826. The lowest BCUT2D eigenvalue weighted by atomic mass is 9.95. The van der Waals surface area contributed by atoms with Crippen molar-refractivity contribution in [3.63, 3.8) is 0 Å². The Bertz CT molecular complexity index is 1730. The fourth-order valence-electron chi connectivity index (χ4n) is 4.40. The summed E-state index contributed by atoms with van der Waals surface area (Å²) in [6.45, 7) is 1.90. The van der Waals surface area contributed by atoms with Crippen LogP contribution in [0.25, 0.3) is 17.4 Å². The molecule has 2 aromatic heterocycles. The number of aromatic carboxylic acids is 1. The molecule has 186 valence electrons. The normalized spacial score (nSPS) is 15.3. The summed E-state index contributed by atoms with van der Waals surface area (Å²) in [6.07, 6.45) is 2.09. The van der Waals surface area contributed by atoms with Crippen molar-refractivity contribution in [3.8, 4) is 11.3 Å². The molecule has 0 saturated carbocycles. The van der Waals surface area contributed by atoms with Gasteiger partial charge in [0.2, 0.25) is 0 Å². The minimum atomic E-state index is -1.06. The van der Waals surface area contributed by atoms with Crippen molar-refractivity contribution in [2.24, 2.45) is 4.99 Å². The van der Waals surface area contributed by atoms with Gasteiger partial charge in [-0.15, -0.1) is 0 Å². The molecule has 9 heteroatoms. The van der Waals surface area contributed by atoms with E-state index in [0.29, 0.717) is 44.1 Å². The van der Waals surface area contributed by atoms with Crippen molar-refractivity contribution in [2.45, 2.75) is 19.4 Å². The zero-order chi connectivity index (χ0) is 26.1. The number of esters is 1. The van der Waals surface area contributed by atoms with Crippen molar-refractivity contribution in [2.75, 3.05) is 7.11 Å². The summed E-state index contributed by atoms with van der Waals surface area (Å²) in [5.41, 5.74) is 1.91. The van der Waals surface area contributed by atoms with E-state index in [9.17, 15) is 19.5 Å². The summed E-state index contributed by atoms with van der Waals surface area (Å²) in [7, 11) is 1.31. The lowest BCUT2D eigenvalue weighted by molar-refractivity contribution is -0.136. The smallest absolute Gasteiger partial charge is 0.338 e. The fraction of sp³-hybridized carbons (Fsp3) is 0.143. The lowest BCUT2D eigenvalue weighted by Gasteiger charge is -2.25. The number of methoxy groups -OCH3 is 1. The Morgan fingerprint density at radius 2 is 1.84 bits per heavy atom. The number of nitrogens with zero attached hydrogens (tertiary/aromatic N) is 2. The van der Waals surface area contributed by atoms with Crippen molar-refractivity contribution in [1.82, 2.24) is 4.57 Å². The molecule has 0 amide bonds. The third-order valence-electron chi connectivity index (χ3n) is 6.09. The number of aromatic nitrogens is 1. The van der Waals surface area contributed by atoms with Gasteiger partial charge in [0.25, 0.3) is 5.56 Å². The Balaban J connectivity index is 1.66. The number of fused-ring (bicyclic) bond motifs is 1. The van der Waals surface area contributed by atoms with E-state index in [1.54, 1.807) is 36.4 Å². The molecule has 1 N–H and O–H groups in total. The summed E-state index contributed by atoms with van der Waals surface area (Å²) in [5, 5.41) is 9.50. The van der Waals surface area contributed by atoms with Crippen LogP contribution in [-0.2, 0) is 9.53 Å². The van der Waals surface area contributed by atoms with Gasteiger partial charge in [-0.2, -0.15) is 0 Å². The number of allylic oxidation sites excluding steroid dienone is 1. The molecule has 1 atom stereocenters. The highest BCUT2D eigenvalue weighted by atomic mass is 32.1. The van der Waals surface area contributed by atoms with Crippen LogP contribution in [-0.4, -0.2) is 28.7 Å². The third-order valence-corrected chi connectivity index (χ3v) is 7.07. The maximum absolute atomic E-state index is 13.7. The molecule has 0 bridgehead atoms. The topological polar surface area (TPSA) is 111 Å². The molecule has 1 aliphatic rings. The number of carbonyl (C=O) groups excluding carboxylic acids is 1. The van der Waals surface area contributed by atoms with Gasteiger partial charge in [-0.25, -0.2) is 14.6 Å². The number of carboxylic acids is 1.